The number of nitrogens with one attached hydrogen (secondary N) is 3. The number of aliphatic hydroxyl groups excluding tert-OH is 2. The molecule has 0 radical (unpaired) electrons. The quantitative estimate of drug-likeness (QED) is 0.0353. The number of alkyl halides is 2. The van der Waals surface area contributed by atoms with Crippen molar-refractivity contribution in [1.29, 1.82) is 0 Å². The summed E-state index contributed by atoms with van der Waals surface area (Å²) in [6, 6.07) is 11.0. The number of unbranched alkanes of at least 4 members (excludes halogenated alkanes) is 3. The number of aryl methyl sites for hydroxylation is 1. The molecule has 3 aromatic carbocycles. The van der Waals surface area contributed by atoms with Crippen LogP contribution in [0.4, 0.5) is 24.7 Å². The number of aromatic nitrogens is 3. The molecule has 5 aromatic rings. The third-order valence-corrected chi connectivity index (χ3v) is 13.0. The van der Waals surface area contributed by atoms with Gasteiger partial charge in [-0.2, -0.15) is 8.78 Å². The van der Waals surface area contributed by atoms with Crippen LogP contribution in [0.15, 0.2) is 48.5 Å². The molecule has 1 amide bonds. The first kappa shape index (κ1) is 48.4. The minimum atomic E-state index is -3.85. The average molecular weight is 922 g/mol. The first-order valence-corrected chi connectivity index (χ1v) is 22.5. The van der Waals surface area contributed by atoms with Gasteiger partial charge < -0.3 is 50.5 Å². The zero-order valence-corrected chi connectivity index (χ0v) is 38.3. The second-order valence-electron chi connectivity index (χ2n) is 18.5. The highest BCUT2D eigenvalue weighted by Crippen LogP contribution is 2.48. The predicted molar refractivity (Wildman–Crippen MR) is 245 cm³/mol. The summed E-state index contributed by atoms with van der Waals surface area (Å²) in [6.45, 7) is 6.64. The topological polar surface area (TPSA) is 207 Å². The number of aromatic hydroxyl groups is 2. The number of fused-ring (bicyclic) bond motifs is 2. The Morgan fingerprint density at radius 3 is 2.44 bits per heavy atom. The summed E-state index contributed by atoms with van der Waals surface area (Å²) in [6.07, 6.45) is 4.12. The van der Waals surface area contributed by atoms with E-state index in [-0.39, 0.29) is 28.6 Å². The molecular weight excluding hydrogens is 860 g/mol. The van der Waals surface area contributed by atoms with Crippen LogP contribution in [0.1, 0.15) is 108 Å². The molecule has 2 fully saturated rings. The van der Waals surface area contributed by atoms with Gasteiger partial charge in [0.1, 0.15) is 35.5 Å². The number of ether oxygens (including phenoxy) is 2. The summed E-state index contributed by atoms with van der Waals surface area (Å²) in [5.74, 6) is -3.64. The van der Waals surface area contributed by atoms with Crippen molar-refractivity contribution in [2.75, 3.05) is 44.5 Å². The van der Waals surface area contributed by atoms with Crippen molar-refractivity contribution < 1.29 is 53.0 Å². The summed E-state index contributed by atoms with van der Waals surface area (Å²) < 4.78 is 59.2. The zero-order chi connectivity index (χ0) is 47.7. The highest BCUT2D eigenvalue weighted by molar-refractivity contribution is 6.02. The molecule has 1 saturated heterocycles. The molecule has 2 aliphatic rings. The third-order valence-electron chi connectivity index (χ3n) is 13.0. The molecule has 2 aromatic heterocycles. The minimum Gasteiger partial charge on any atom is -0.494 e. The van der Waals surface area contributed by atoms with E-state index in [0.717, 1.165) is 58.4 Å². The van der Waals surface area contributed by atoms with Crippen molar-refractivity contribution in [1.82, 2.24) is 24.8 Å². The van der Waals surface area contributed by atoms with Crippen LogP contribution in [0.5, 0.6) is 23.3 Å². The van der Waals surface area contributed by atoms with E-state index in [4.69, 9.17) is 9.47 Å². The molecule has 1 saturated carbocycles. The minimum absolute atomic E-state index is 0.0321. The molecule has 7 rings (SSSR count). The molecule has 3 unspecified atom stereocenters. The number of rotatable bonds is 20. The summed E-state index contributed by atoms with van der Waals surface area (Å²) in [5.41, 5.74) is -2.50. The largest absolute Gasteiger partial charge is 0.494 e. The van der Waals surface area contributed by atoms with Crippen LogP contribution >= 0.6 is 0 Å². The van der Waals surface area contributed by atoms with E-state index in [1.54, 1.807) is 43.0 Å². The lowest BCUT2D eigenvalue weighted by Crippen LogP contribution is -2.47. The Morgan fingerprint density at radius 1 is 1.02 bits per heavy atom. The van der Waals surface area contributed by atoms with E-state index in [1.165, 1.54) is 23.8 Å². The molecule has 358 valence electrons. The summed E-state index contributed by atoms with van der Waals surface area (Å²) in [7, 11) is 3.33. The molecule has 8 N–H and O–H groups in total. The molecule has 1 aliphatic heterocycles. The number of hydrogen-bond acceptors (Lipinski definition) is 13. The van der Waals surface area contributed by atoms with E-state index in [2.05, 4.69) is 25.9 Å². The maximum absolute atomic E-state index is 15.7. The van der Waals surface area contributed by atoms with Crippen LogP contribution in [0.25, 0.3) is 21.7 Å². The summed E-state index contributed by atoms with van der Waals surface area (Å²) in [4.78, 5) is 24.1. The van der Waals surface area contributed by atoms with Gasteiger partial charge in [-0.1, -0.05) is 31.0 Å². The number of anilines is 2. The van der Waals surface area contributed by atoms with Gasteiger partial charge in [-0.15, -0.1) is 0 Å². The van der Waals surface area contributed by atoms with Gasteiger partial charge in [0, 0.05) is 60.1 Å². The van der Waals surface area contributed by atoms with Crippen molar-refractivity contribution >= 4 is 39.1 Å². The number of benzene rings is 3. The monoisotopic (exact) mass is 921 g/mol. The van der Waals surface area contributed by atoms with E-state index < -0.39 is 47.4 Å². The van der Waals surface area contributed by atoms with Gasteiger partial charge in [-0.25, -0.2) is 14.4 Å². The normalized spacial score (nSPS) is 18.9. The molecular formula is C48H62F3N7O8. The van der Waals surface area contributed by atoms with Gasteiger partial charge in [0.05, 0.1) is 42.3 Å². The van der Waals surface area contributed by atoms with Crippen LogP contribution < -0.4 is 25.4 Å². The predicted octanol–water partition coefficient (Wildman–Crippen LogP) is 7.73. The Morgan fingerprint density at radius 2 is 1.74 bits per heavy atom. The van der Waals surface area contributed by atoms with Crippen molar-refractivity contribution in [3.63, 3.8) is 0 Å². The Hall–Kier alpha value is -5.56. The third kappa shape index (κ3) is 10.1. The molecule has 3 heterocycles. The van der Waals surface area contributed by atoms with E-state index >= 15 is 13.2 Å². The van der Waals surface area contributed by atoms with Gasteiger partial charge in [0.25, 0.3) is 0 Å². The summed E-state index contributed by atoms with van der Waals surface area (Å²) >= 11 is 0. The Labute approximate surface area is 382 Å². The highest BCUT2D eigenvalue weighted by atomic mass is 19.3. The number of carbonyl (C=O) groups excluding carboxylic acids is 1. The molecule has 18 heteroatoms. The van der Waals surface area contributed by atoms with Gasteiger partial charge in [0.15, 0.2) is 11.5 Å². The average Bonchev–Trinajstić information content (AvgIpc) is 3.98. The lowest BCUT2D eigenvalue weighted by Gasteiger charge is -2.33. The maximum atomic E-state index is 15.7. The molecule has 66 heavy (non-hydrogen) atoms. The molecule has 4 atom stereocenters. The highest BCUT2D eigenvalue weighted by Gasteiger charge is 2.49. The SMILES string of the molecule is COc1cc2nc(C)nc(N[C@H](C)c3cccc(C(F)(F)C(C)(C)O)c3F)c2cc1OCC1(CN(C)C(=O)CCCCCCNc2cccc3c(O)n(C4CCC(O)NC4O)c(O)c23)CC1. The second-order valence-corrected chi connectivity index (χ2v) is 18.5. The van der Waals surface area contributed by atoms with Crippen molar-refractivity contribution in [2.45, 2.75) is 122 Å². The fraction of sp³-hybridized carbons (Fsp3) is 0.521. The van der Waals surface area contributed by atoms with Crippen LogP contribution in [0.3, 0.4) is 0 Å². The number of amides is 1. The Bertz CT molecular complexity index is 2550. The lowest BCUT2D eigenvalue weighted by atomic mass is 9.91. The van der Waals surface area contributed by atoms with Gasteiger partial charge >= 0.3 is 5.92 Å². The fourth-order valence-electron chi connectivity index (χ4n) is 8.83. The standard InChI is InChI=1S/C48H62F3N7O8/c1-27(29-13-11-15-32(41(29)49)48(50,51)46(3,4)64)53-42-31-23-37(36(65-6)24-34(31)54-28(2)55-42)66-26-47(20-21-47)25-57(5)39(60)17-9-7-8-10-22-52-33-16-12-14-30-40(33)45(63)58(44(30)62)35-18-19-38(59)56-43(35)61/h11-16,23-24,27,35,38,43,52,56,59,61-64H,7-10,17-22,25-26H2,1-6H3,(H,53,54,55)/t27-,35?,38?,43?/m1/s1. The second kappa shape index (κ2) is 19.3. The number of nitrogens with zero attached hydrogens (tertiary/aromatic N) is 4. The maximum Gasteiger partial charge on any atom is 0.303 e. The van der Waals surface area contributed by atoms with Crippen LogP contribution in [-0.2, 0) is 10.7 Å². The first-order chi connectivity index (χ1) is 31.2. The van der Waals surface area contributed by atoms with Gasteiger partial charge in [-0.05, 0) is 90.5 Å². The van der Waals surface area contributed by atoms with Gasteiger partial charge in [-0.3, -0.25) is 14.7 Å². The first-order valence-electron chi connectivity index (χ1n) is 22.5. The van der Waals surface area contributed by atoms with Crippen LogP contribution in [-0.4, -0.2) is 103 Å². The number of aliphatic hydroxyl groups is 3. The molecule has 15 nitrogen and oxygen atoms in total. The van der Waals surface area contributed by atoms with Crippen LogP contribution in [0.2, 0.25) is 0 Å². The number of halogens is 3. The Kier molecular flexibility index (Phi) is 14.2. The van der Waals surface area contributed by atoms with E-state index in [1.807, 2.05) is 13.1 Å². The number of piperidine rings is 1. The van der Waals surface area contributed by atoms with E-state index in [9.17, 15) is 30.3 Å². The lowest BCUT2D eigenvalue weighted by molar-refractivity contribution is -0.170. The van der Waals surface area contributed by atoms with Crippen molar-refractivity contribution in [2.24, 2.45) is 5.41 Å². The number of carbonyl (C=O) groups is 1. The fourth-order valence-corrected chi connectivity index (χ4v) is 8.83. The van der Waals surface area contributed by atoms with Crippen LogP contribution in [0, 0.1) is 18.2 Å². The molecule has 1 aliphatic carbocycles. The van der Waals surface area contributed by atoms with Crippen molar-refractivity contribution in [3.05, 3.63) is 71.3 Å². The molecule has 0 spiro atoms. The number of methoxy groups -OCH3 is 1. The number of hydrogen-bond donors (Lipinski definition) is 8. The zero-order valence-electron chi connectivity index (χ0n) is 38.3. The van der Waals surface area contributed by atoms with E-state index in [0.29, 0.717) is 89.5 Å². The Balaban J connectivity index is 0.906. The molecule has 0 bridgehead atoms. The van der Waals surface area contributed by atoms with Crippen molar-refractivity contribution in [3.8, 4) is 23.3 Å². The van der Waals surface area contributed by atoms with Gasteiger partial charge in [0.2, 0.25) is 17.7 Å². The summed E-state index contributed by atoms with van der Waals surface area (Å²) in [5, 5.41) is 63.2. The smallest absolute Gasteiger partial charge is 0.303 e.